The van der Waals surface area contributed by atoms with Crippen LogP contribution >= 0.6 is 0 Å². The van der Waals surface area contributed by atoms with Crippen molar-refractivity contribution >= 4 is 5.82 Å². The van der Waals surface area contributed by atoms with Crippen molar-refractivity contribution in [3.05, 3.63) is 53.5 Å². The smallest absolute Gasteiger partial charge is 0.280 e. The number of piperidine rings is 1. The highest BCUT2D eigenvalue weighted by atomic mass is 16.1. The lowest BCUT2D eigenvalue weighted by atomic mass is 10.1. The second-order valence-corrected chi connectivity index (χ2v) is 6.66. The summed E-state index contributed by atoms with van der Waals surface area (Å²) in [6, 6.07) is 5.44. The number of likely N-dealkylation sites (tertiary alicyclic amines) is 1. The molecule has 8 heteroatoms. The highest BCUT2D eigenvalue weighted by molar-refractivity contribution is 5.60. The van der Waals surface area contributed by atoms with E-state index in [1.54, 1.807) is 30.7 Å². The van der Waals surface area contributed by atoms with Crippen molar-refractivity contribution in [1.29, 1.82) is 0 Å². The van der Waals surface area contributed by atoms with Crippen LogP contribution in [0.25, 0.3) is 16.9 Å². The molecule has 0 aromatic carbocycles. The van der Waals surface area contributed by atoms with Crippen molar-refractivity contribution in [2.24, 2.45) is 0 Å². The number of rotatable bonds is 6. The van der Waals surface area contributed by atoms with Gasteiger partial charge in [0.05, 0.1) is 5.56 Å². The fraction of sp³-hybridized carbons (Fsp3) is 0.368. The number of nitrogens with zero attached hydrogens (tertiary/aromatic N) is 5. The molecular weight excluding hydrogens is 342 g/mol. The molecule has 0 amide bonds. The maximum Gasteiger partial charge on any atom is 0.280 e. The molecule has 140 valence electrons. The van der Waals surface area contributed by atoms with E-state index in [1.165, 1.54) is 43.4 Å². The molecule has 0 unspecified atom stereocenters. The Bertz CT molecular complexity index is 928. The van der Waals surface area contributed by atoms with Crippen LogP contribution in [-0.2, 0) is 0 Å². The standard InChI is InChI=1S/C19H23N7O/c27-19-16(15-5-4-6-20-12-15)13-24-26(19)18-11-17(22-14-23-18)21-7-10-25-8-2-1-3-9-25/h4-6,11-14,24H,1-3,7-10H2,(H,21,22,23). The molecule has 0 radical (unpaired) electrons. The third-order valence-corrected chi connectivity index (χ3v) is 4.81. The Hall–Kier alpha value is -3.00. The molecule has 3 aromatic rings. The molecule has 1 aliphatic rings. The lowest BCUT2D eigenvalue weighted by Gasteiger charge is -2.26. The van der Waals surface area contributed by atoms with Crippen LogP contribution < -0.4 is 10.9 Å². The van der Waals surface area contributed by atoms with Crippen molar-refractivity contribution in [3.63, 3.8) is 0 Å². The van der Waals surface area contributed by atoms with Crippen molar-refractivity contribution in [2.45, 2.75) is 19.3 Å². The van der Waals surface area contributed by atoms with Crippen LogP contribution in [0.5, 0.6) is 0 Å². The lowest BCUT2D eigenvalue weighted by Crippen LogP contribution is -2.33. The number of aromatic amines is 1. The van der Waals surface area contributed by atoms with E-state index in [2.05, 4.69) is 30.3 Å². The van der Waals surface area contributed by atoms with Crippen molar-refractivity contribution in [1.82, 2.24) is 29.6 Å². The molecule has 2 N–H and O–H groups in total. The molecule has 4 heterocycles. The van der Waals surface area contributed by atoms with Gasteiger partial charge in [-0.15, -0.1) is 0 Å². The summed E-state index contributed by atoms with van der Waals surface area (Å²) in [7, 11) is 0. The average Bonchev–Trinajstić information content (AvgIpc) is 3.11. The zero-order valence-electron chi connectivity index (χ0n) is 15.1. The fourth-order valence-electron chi connectivity index (χ4n) is 3.36. The zero-order chi connectivity index (χ0) is 18.5. The van der Waals surface area contributed by atoms with Gasteiger partial charge < -0.3 is 10.2 Å². The number of H-pyrrole nitrogens is 1. The molecular formula is C19H23N7O. The van der Waals surface area contributed by atoms with E-state index < -0.39 is 0 Å². The van der Waals surface area contributed by atoms with Gasteiger partial charge in [0.1, 0.15) is 12.1 Å². The van der Waals surface area contributed by atoms with E-state index in [9.17, 15) is 4.79 Å². The van der Waals surface area contributed by atoms with Gasteiger partial charge in [-0.1, -0.05) is 12.5 Å². The first kappa shape index (κ1) is 17.4. The first-order valence-corrected chi connectivity index (χ1v) is 9.31. The van der Waals surface area contributed by atoms with Crippen LogP contribution in [0, 0.1) is 0 Å². The number of hydrogen-bond acceptors (Lipinski definition) is 6. The molecule has 0 saturated carbocycles. The lowest BCUT2D eigenvalue weighted by molar-refractivity contribution is 0.237. The first-order valence-electron chi connectivity index (χ1n) is 9.31. The predicted molar refractivity (Wildman–Crippen MR) is 104 cm³/mol. The summed E-state index contributed by atoms with van der Waals surface area (Å²) in [6.45, 7) is 4.15. The maximum atomic E-state index is 12.7. The van der Waals surface area contributed by atoms with Crippen LogP contribution in [0.2, 0.25) is 0 Å². The van der Waals surface area contributed by atoms with Gasteiger partial charge in [0.25, 0.3) is 5.56 Å². The van der Waals surface area contributed by atoms with Crippen LogP contribution in [0.15, 0.2) is 47.9 Å². The summed E-state index contributed by atoms with van der Waals surface area (Å²) >= 11 is 0. The van der Waals surface area contributed by atoms with Gasteiger partial charge in [-0.3, -0.25) is 14.9 Å². The monoisotopic (exact) mass is 365 g/mol. The number of pyridine rings is 1. The number of aromatic nitrogens is 5. The SMILES string of the molecule is O=c1c(-c2cccnc2)c[nH]n1-c1cc(NCCN2CCCCC2)ncn1. The first-order chi connectivity index (χ1) is 13.3. The van der Waals surface area contributed by atoms with Gasteiger partial charge in [0, 0.05) is 43.3 Å². The van der Waals surface area contributed by atoms with Gasteiger partial charge in [-0.25, -0.2) is 14.6 Å². The zero-order valence-corrected chi connectivity index (χ0v) is 15.1. The Balaban J connectivity index is 1.46. The summed E-state index contributed by atoms with van der Waals surface area (Å²) in [4.78, 5) is 27.7. The van der Waals surface area contributed by atoms with Gasteiger partial charge in [0.2, 0.25) is 0 Å². The second kappa shape index (κ2) is 8.13. The molecule has 0 spiro atoms. The topological polar surface area (TPSA) is 91.7 Å². The summed E-state index contributed by atoms with van der Waals surface area (Å²) in [6.07, 6.45) is 10.4. The van der Waals surface area contributed by atoms with Gasteiger partial charge >= 0.3 is 0 Å². The van der Waals surface area contributed by atoms with E-state index in [0.29, 0.717) is 17.2 Å². The van der Waals surface area contributed by atoms with E-state index in [4.69, 9.17) is 0 Å². The van der Waals surface area contributed by atoms with Crippen molar-refractivity contribution in [3.8, 4) is 16.9 Å². The normalized spacial score (nSPS) is 15.0. The third kappa shape index (κ3) is 4.06. The quantitative estimate of drug-likeness (QED) is 0.693. The van der Waals surface area contributed by atoms with Crippen molar-refractivity contribution < 1.29 is 0 Å². The number of hydrogen-bond donors (Lipinski definition) is 2. The molecule has 4 rings (SSSR count). The summed E-state index contributed by atoms with van der Waals surface area (Å²) in [5.74, 6) is 1.21. The predicted octanol–water partition coefficient (Wildman–Crippen LogP) is 1.92. The Kier molecular flexibility index (Phi) is 5.24. The second-order valence-electron chi connectivity index (χ2n) is 6.66. The average molecular weight is 365 g/mol. The molecule has 0 bridgehead atoms. The summed E-state index contributed by atoms with van der Waals surface area (Å²) in [5.41, 5.74) is 1.16. The Morgan fingerprint density at radius 1 is 1.19 bits per heavy atom. The molecule has 27 heavy (non-hydrogen) atoms. The van der Waals surface area contributed by atoms with E-state index >= 15 is 0 Å². The summed E-state index contributed by atoms with van der Waals surface area (Å²) < 4.78 is 1.42. The molecule has 1 saturated heterocycles. The Morgan fingerprint density at radius 3 is 2.89 bits per heavy atom. The van der Waals surface area contributed by atoms with Gasteiger partial charge in [-0.05, 0) is 32.0 Å². The largest absolute Gasteiger partial charge is 0.369 e. The van der Waals surface area contributed by atoms with Crippen LogP contribution in [0.1, 0.15) is 19.3 Å². The van der Waals surface area contributed by atoms with Crippen LogP contribution in [-0.4, -0.2) is 55.8 Å². The summed E-state index contributed by atoms with van der Waals surface area (Å²) in [5, 5.41) is 6.30. The molecule has 8 nitrogen and oxygen atoms in total. The van der Waals surface area contributed by atoms with Crippen LogP contribution in [0.4, 0.5) is 5.82 Å². The van der Waals surface area contributed by atoms with Crippen LogP contribution in [0.3, 0.4) is 0 Å². The van der Waals surface area contributed by atoms with E-state index in [1.807, 2.05) is 6.07 Å². The highest BCUT2D eigenvalue weighted by Gasteiger charge is 2.12. The molecule has 3 aromatic heterocycles. The minimum atomic E-state index is -0.166. The Morgan fingerprint density at radius 2 is 2.07 bits per heavy atom. The molecule has 1 aliphatic heterocycles. The molecule has 0 atom stereocenters. The minimum Gasteiger partial charge on any atom is -0.369 e. The Labute approximate surface area is 157 Å². The van der Waals surface area contributed by atoms with Gasteiger partial charge in [-0.2, -0.15) is 0 Å². The highest BCUT2D eigenvalue weighted by Crippen LogP contribution is 2.14. The minimum absolute atomic E-state index is 0.166. The molecule has 0 aliphatic carbocycles. The molecule has 1 fully saturated rings. The van der Waals surface area contributed by atoms with E-state index in [0.717, 1.165) is 18.7 Å². The van der Waals surface area contributed by atoms with Crippen molar-refractivity contribution in [2.75, 3.05) is 31.5 Å². The van der Waals surface area contributed by atoms with Gasteiger partial charge in [0.15, 0.2) is 5.82 Å². The number of nitrogens with one attached hydrogen (secondary N) is 2. The van der Waals surface area contributed by atoms with E-state index in [-0.39, 0.29) is 5.56 Å². The fourth-order valence-corrected chi connectivity index (χ4v) is 3.36. The number of anilines is 1. The maximum absolute atomic E-state index is 12.7. The third-order valence-electron chi connectivity index (χ3n) is 4.81.